The first kappa shape index (κ1) is 12.5. The molecule has 0 saturated heterocycles. The predicted molar refractivity (Wildman–Crippen MR) is 63.6 cm³/mol. The molecule has 0 amide bonds. The van der Waals surface area contributed by atoms with Gasteiger partial charge in [0.1, 0.15) is 17.7 Å². The highest BCUT2D eigenvalue weighted by Crippen LogP contribution is 2.31. The van der Waals surface area contributed by atoms with Crippen molar-refractivity contribution in [2.75, 3.05) is 6.61 Å². The molecule has 2 unspecified atom stereocenters. The van der Waals surface area contributed by atoms with Gasteiger partial charge in [0.05, 0.1) is 4.47 Å². The molecule has 1 aliphatic rings. The van der Waals surface area contributed by atoms with E-state index in [0.29, 0.717) is 23.2 Å². The number of hydrogen-bond donors (Lipinski definition) is 0. The average Bonchev–Trinajstić information content (AvgIpc) is 2.28. The smallest absolute Gasteiger partial charge is 0.169 e. The lowest BCUT2D eigenvalue weighted by molar-refractivity contribution is -0.154. The van der Waals surface area contributed by atoms with Crippen LogP contribution in [0.5, 0.6) is 5.75 Å². The van der Waals surface area contributed by atoms with Gasteiger partial charge >= 0.3 is 0 Å². The van der Waals surface area contributed by atoms with E-state index in [-0.39, 0.29) is 17.7 Å². The van der Waals surface area contributed by atoms with Crippen LogP contribution in [0.1, 0.15) is 13.3 Å². The Kier molecular flexibility index (Phi) is 3.79. The first-order valence-electron chi connectivity index (χ1n) is 5.38. The summed E-state index contributed by atoms with van der Waals surface area (Å²) in [5.74, 6) is 0.235. The third-order valence-corrected chi connectivity index (χ3v) is 3.20. The second kappa shape index (κ2) is 5.14. The zero-order chi connectivity index (χ0) is 12.4. The van der Waals surface area contributed by atoms with Crippen molar-refractivity contribution in [3.63, 3.8) is 0 Å². The first-order valence-corrected chi connectivity index (χ1v) is 6.17. The van der Waals surface area contributed by atoms with Crippen LogP contribution < -0.4 is 4.74 Å². The molecular weight excluding hydrogens is 291 g/mol. The molecule has 0 spiro atoms. The molecule has 0 N–H and O–H groups in total. The fraction of sp³-hybridized carbons (Fsp3) is 0.417. The van der Waals surface area contributed by atoms with Crippen LogP contribution in [0.2, 0.25) is 0 Å². The van der Waals surface area contributed by atoms with Gasteiger partial charge in [0, 0.05) is 13.0 Å². The molecule has 0 radical (unpaired) electrons. The summed E-state index contributed by atoms with van der Waals surface area (Å²) >= 11 is 3.21. The maximum absolute atomic E-state index is 12.9. The second-order valence-electron chi connectivity index (χ2n) is 3.78. The van der Waals surface area contributed by atoms with Crippen molar-refractivity contribution in [3.05, 3.63) is 28.5 Å². The monoisotopic (exact) mass is 302 g/mol. The van der Waals surface area contributed by atoms with Crippen LogP contribution in [0.4, 0.5) is 4.39 Å². The minimum absolute atomic E-state index is 0.0510. The number of carbonyl (C=O) groups is 1. The van der Waals surface area contributed by atoms with Crippen molar-refractivity contribution in [1.29, 1.82) is 0 Å². The minimum Gasteiger partial charge on any atom is -0.486 e. The first-order chi connectivity index (χ1) is 8.11. The van der Waals surface area contributed by atoms with Crippen molar-refractivity contribution in [3.8, 4) is 5.75 Å². The van der Waals surface area contributed by atoms with E-state index in [9.17, 15) is 9.18 Å². The lowest BCUT2D eigenvalue weighted by Crippen LogP contribution is -2.52. The third kappa shape index (κ3) is 2.66. The fourth-order valence-electron chi connectivity index (χ4n) is 1.69. The number of hydrogen-bond acceptors (Lipinski definition) is 3. The van der Waals surface area contributed by atoms with Crippen LogP contribution in [0.15, 0.2) is 22.7 Å². The highest BCUT2D eigenvalue weighted by molar-refractivity contribution is 9.10. The molecule has 1 saturated carbocycles. The lowest BCUT2D eigenvalue weighted by atomic mass is 9.90. The normalized spacial score (nSPS) is 23.4. The zero-order valence-electron chi connectivity index (χ0n) is 9.28. The van der Waals surface area contributed by atoms with Crippen LogP contribution in [-0.2, 0) is 9.53 Å². The SMILES string of the molecule is CCOC1C(=O)CC1Oc1ccc(F)cc1Br. The van der Waals surface area contributed by atoms with Gasteiger partial charge in [-0.3, -0.25) is 4.79 Å². The molecule has 1 fully saturated rings. The van der Waals surface area contributed by atoms with E-state index in [1.54, 1.807) is 0 Å². The number of Topliss-reactive ketones (excluding diaryl/α,β-unsaturated/α-hetero) is 1. The van der Waals surface area contributed by atoms with Gasteiger partial charge in [-0.25, -0.2) is 4.39 Å². The zero-order valence-corrected chi connectivity index (χ0v) is 10.9. The van der Waals surface area contributed by atoms with Gasteiger partial charge < -0.3 is 9.47 Å². The molecule has 5 heteroatoms. The highest BCUT2D eigenvalue weighted by atomic mass is 79.9. The van der Waals surface area contributed by atoms with E-state index in [4.69, 9.17) is 9.47 Å². The summed E-state index contributed by atoms with van der Waals surface area (Å²) < 4.78 is 24.3. The third-order valence-electron chi connectivity index (χ3n) is 2.58. The molecule has 0 aromatic heterocycles. The molecule has 1 aromatic rings. The number of carbonyl (C=O) groups excluding carboxylic acids is 1. The summed E-state index contributed by atoms with van der Waals surface area (Å²) in [4.78, 5) is 11.3. The number of benzene rings is 1. The van der Waals surface area contributed by atoms with Crippen LogP contribution in [0.3, 0.4) is 0 Å². The predicted octanol–water partition coefficient (Wildman–Crippen LogP) is 2.71. The Bertz CT molecular complexity index is 436. The van der Waals surface area contributed by atoms with Crippen molar-refractivity contribution in [1.82, 2.24) is 0 Å². The molecule has 2 atom stereocenters. The van der Waals surface area contributed by atoms with Crippen LogP contribution in [0.25, 0.3) is 0 Å². The number of halogens is 2. The van der Waals surface area contributed by atoms with Gasteiger partial charge in [0.25, 0.3) is 0 Å². The Morgan fingerprint density at radius 2 is 2.29 bits per heavy atom. The van der Waals surface area contributed by atoms with Crippen LogP contribution in [0, 0.1) is 5.82 Å². The Labute approximate surface area is 107 Å². The van der Waals surface area contributed by atoms with Crippen molar-refractivity contribution < 1.29 is 18.7 Å². The Balaban J connectivity index is 2.04. The van der Waals surface area contributed by atoms with Crippen molar-refractivity contribution in [2.24, 2.45) is 0 Å². The van der Waals surface area contributed by atoms with E-state index >= 15 is 0 Å². The molecule has 17 heavy (non-hydrogen) atoms. The fourth-order valence-corrected chi connectivity index (χ4v) is 2.13. The molecule has 92 valence electrons. The van der Waals surface area contributed by atoms with E-state index < -0.39 is 6.10 Å². The second-order valence-corrected chi connectivity index (χ2v) is 4.63. The van der Waals surface area contributed by atoms with Crippen LogP contribution in [-0.4, -0.2) is 24.6 Å². The summed E-state index contributed by atoms with van der Waals surface area (Å²) in [5.41, 5.74) is 0. The summed E-state index contributed by atoms with van der Waals surface area (Å²) in [6, 6.07) is 4.17. The van der Waals surface area contributed by atoms with E-state index in [1.807, 2.05) is 6.92 Å². The Morgan fingerprint density at radius 3 is 2.88 bits per heavy atom. The largest absolute Gasteiger partial charge is 0.486 e. The molecule has 3 nitrogen and oxygen atoms in total. The van der Waals surface area contributed by atoms with E-state index in [0.717, 1.165) is 0 Å². The molecule has 1 aliphatic carbocycles. The molecule has 0 bridgehead atoms. The topological polar surface area (TPSA) is 35.5 Å². The molecule has 1 aromatic carbocycles. The molecule has 0 heterocycles. The average molecular weight is 303 g/mol. The summed E-state index contributed by atoms with van der Waals surface area (Å²) in [6.45, 7) is 2.30. The van der Waals surface area contributed by atoms with E-state index in [1.165, 1.54) is 18.2 Å². The van der Waals surface area contributed by atoms with Crippen molar-refractivity contribution in [2.45, 2.75) is 25.6 Å². The number of ketones is 1. The maximum atomic E-state index is 12.9. The summed E-state index contributed by atoms with van der Waals surface area (Å²) in [6.07, 6.45) is -0.421. The molecule has 0 aliphatic heterocycles. The van der Waals surface area contributed by atoms with Gasteiger partial charge in [0.2, 0.25) is 0 Å². The van der Waals surface area contributed by atoms with Gasteiger partial charge in [-0.15, -0.1) is 0 Å². The molecule has 2 rings (SSSR count). The van der Waals surface area contributed by atoms with Crippen molar-refractivity contribution >= 4 is 21.7 Å². The van der Waals surface area contributed by atoms with Crippen LogP contribution >= 0.6 is 15.9 Å². The minimum atomic E-state index is -0.489. The Hall–Kier alpha value is -0.940. The van der Waals surface area contributed by atoms with Gasteiger partial charge in [-0.05, 0) is 41.1 Å². The molecular formula is C12H12BrFO3. The lowest BCUT2D eigenvalue weighted by Gasteiger charge is -2.34. The van der Waals surface area contributed by atoms with E-state index in [2.05, 4.69) is 15.9 Å². The van der Waals surface area contributed by atoms with Gasteiger partial charge in [-0.2, -0.15) is 0 Å². The highest BCUT2D eigenvalue weighted by Gasteiger charge is 2.42. The Morgan fingerprint density at radius 1 is 1.53 bits per heavy atom. The van der Waals surface area contributed by atoms with Gasteiger partial charge in [-0.1, -0.05) is 0 Å². The summed E-state index contributed by atoms with van der Waals surface area (Å²) in [5, 5.41) is 0. The standard InChI is InChI=1S/C12H12BrFO3/c1-2-16-12-9(15)6-11(12)17-10-4-3-7(14)5-8(10)13/h3-5,11-12H,2,6H2,1H3. The maximum Gasteiger partial charge on any atom is 0.169 e. The number of rotatable bonds is 4. The summed E-state index contributed by atoms with van der Waals surface area (Å²) in [7, 11) is 0. The van der Waals surface area contributed by atoms with Gasteiger partial charge in [0.15, 0.2) is 11.9 Å². The number of ether oxygens (including phenoxy) is 2. The quantitative estimate of drug-likeness (QED) is 0.858.